The van der Waals surface area contributed by atoms with E-state index >= 15 is 0 Å². The van der Waals surface area contributed by atoms with E-state index in [0.29, 0.717) is 12.2 Å². The number of carbonyl (C=O) groups is 1. The van der Waals surface area contributed by atoms with E-state index in [0.717, 1.165) is 11.1 Å². The van der Waals surface area contributed by atoms with Crippen LogP contribution in [-0.4, -0.2) is 12.6 Å². The molecular weight excluding hydrogens is 255 g/mol. The van der Waals surface area contributed by atoms with E-state index in [2.05, 4.69) is 0 Å². The van der Waals surface area contributed by atoms with Gasteiger partial charge in [0.15, 0.2) is 0 Å². The van der Waals surface area contributed by atoms with Gasteiger partial charge in [0.2, 0.25) is 0 Å². The molecule has 0 aliphatic carbocycles. The normalized spacial score (nSPS) is 11.2. The first-order chi connectivity index (χ1) is 9.70. The second-order valence-corrected chi connectivity index (χ2v) is 4.18. The van der Waals surface area contributed by atoms with E-state index in [9.17, 15) is 9.18 Å². The summed E-state index contributed by atoms with van der Waals surface area (Å²) in [5.74, 6) is -0.715. The summed E-state index contributed by atoms with van der Waals surface area (Å²) in [5, 5.41) is 0. The maximum Gasteiger partial charge on any atom is 0.331 e. The lowest BCUT2D eigenvalue weighted by molar-refractivity contribution is -0.137. The Kier molecular flexibility index (Phi) is 4.66. The molecule has 3 heteroatoms. The van der Waals surface area contributed by atoms with Gasteiger partial charge in [-0.3, -0.25) is 0 Å². The van der Waals surface area contributed by atoms with Gasteiger partial charge in [-0.1, -0.05) is 42.5 Å². The second kappa shape index (κ2) is 6.66. The fourth-order valence-electron chi connectivity index (χ4n) is 1.88. The summed E-state index contributed by atoms with van der Waals surface area (Å²) in [6.45, 7) is 2.08. The molecule has 0 heterocycles. The van der Waals surface area contributed by atoms with Crippen molar-refractivity contribution in [3.63, 3.8) is 0 Å². The molecule has 102 valence electrons. The van der Waals surface area contributed by atoms with Gasteiger partial charge in [0.1, 0.15) is 5.82 Å². The van der Waals surface area contributed by atoms with Crippen molar-refractivity contribution in [2.75, 3.05) is 6.61 Å². The summed E-state index contributed by atoms with van der Waals surface area (Å²) in [7, 11) is 0. The maximum absolute atomic E-state index is 13.0. The van der Waals surface area contributed by atoms with Crippen molar-refractivity contribution in [3.05, 3.63) is 77.6 Å². The van der Waals surface area contributed by atoms with Gasteiger partial charge < -0.3 is 4.74 Å². The minimum absolute atomic E-state index is 0.308. The summed E-state index contributed by atoms with van der Waals surface area (Å²) in [5.41, 5.74) is 2.36. The highest BCUT2D eigenvalue weighted by molar-refractivity contribution is 5.96. The predicted molar refractivity (Wildman–Crippen MR) is 76.6 cm³/mol. The number of halogens is 1. The molecule has 0 spiro atoms. The van der Waals surface area contributed by atoms with Crippen LogP contribution in [0.2, 0.25) is 0 Å². The van der Waals surface area contributed by atoms with Crippen molar-refractivity contribution >= 4 is 11.5 Å². The van der Waals surface area contributed by atoms with Crippen LogP contribution in [0, 0.1) is 5.82 Å². The molecule has 0 amide bonds. The Morgan fingerprint density at radius 1 is 1.05 bits per heavy atom. The minimum atomic E-state index is -0.407. The third kappa shape index (κ3) is 3.54. The quantitative estimate of drug-likeness (QED) is 0.623. The predicted octanol–water partition coefficient (Wildman–Crippen LogP) is 3.82. The van der Waals surface area contributed by atoms with Crippen LogP contribution in [0.25, 0.3) is 5.57 Å². The Morgan fingerprint density at radius 2 is 1.65 bits per heavy atom. The monoisotopic (exact) mass is 270 g/mol. The van der Waals surface area contributed by atoms with Crippen LogP contribution in [0.1, 0.15) is 18.1 Å². The van der Waals surface area contributed by atoms with E-state index in [4.69, 9.17) is 4.74 Å². The first-order valence-electron chi connectivity index (χ1n) is 6.40. The highest BCUT2D eigenvalue weighted by Crippen LogP contribution is 2.23. The van der Waals surface area contributed by atoms with Crippen LogP contribution in [0.5, 0.6) is 0 Å². The Balaban J connectivity index is 2.44. The van der Waals surface area contributed by atoms with Crippen molar-refractivity contribution in [1.82, 2.24) is 0 Å². The second-order valence-electron chi connectivity index (χ2n) is 4.18. The van der Waals surface area contributed by atoms with E-state index in [1.807, 2.05) is 30.3 Å². The lowest BCUT2D eigenvalue weighted by Gasteiger charge is -2.08. The molecule has 0 atom stereocenters. The number of rotatable bonds is 4. The molecule has 0 unspecified atom stereocenters. The van der Waals surface area contributed by atoms with Gasteiger partial charge >= 0.3 is 5.97 Å². The molecule has 0 radical (unpaired) electrons. The van der Waals surface area contributed by atoms with Crippen LogP contribution in [0.3, 0.4) is 0 Å². The van der Waals surface area contributed by atoms with Crippen molar-refractivity contribution in [2.24, 2.45) is 0 Å². The molecule has 0 N–H and O–H groups in total. The van der Waals surface area contributed by atoms with Gasteiger partial charge in [-0.25, -0.2) is 9.18 Å². The molecule has 0 bridgehead atoms. The smallest absolute Gasteiger partial charge is 0.331 e. The topological polar surface area (TPSA) is 26.3 Å². The highest BCUT2D eigenvalue weighted by Gasteiger charge is 2.08. The van der Waals surface area contributed by atoms with Crippen LogP contribution in [-0.2, 0) is 9.53 Å². The van der Waals surface area contributed by atoms with E-state index in [-0.39, 0.29) is 5.82 Å². The average molecular weight is 270 g/mol. The molecule has 0 aromatic heterocycles. The zero-order chi connectivity index (χ0) is 14.4. The third-order valence-corrected chi connectivity index (χ3v) is 2.79. The molecule has 2 rings (SSSR count). The molecule has 2 aromatic carbocycles. The summed E-state index contributed by atoms with van der Waals surface area (Å²) < 4.78 is 18.0. The van der Waals surface area contributed by atoms with Crippen molar-refractivity contribution in [2.45, 2.75) is 6.92 Å². The zero-order valence-electron chi connectivity index (χ0n) is 11.2. The van der Waals surface area contributed by atoms with Crippen LogP contribution >= 0.6 is 0 Å². The number of benzene rings is 2. The Labute approximate surface area is 117 Å². The lowest BCUT2D eigenvalue weighted by Crippen LogP contribution is -2.01. The molecule has 0 saturated carbocycles. The number of ether oxygens (including phenoxy) is 1. The van der Waals surface area contributed by atoms with Gasteiger partial charge in [0.05, 0.1) is 6.61 Å². The Bertz CT molecular complexity index is 601. The summed E-state index contributed by atoms with van der Waals surface area (Å²) >= 11 is 0. The van der Waals surface area contributed by atoms with Crippen LogP contribution < -0.4 is 0 Å². The highest BCUT2D eigenvalue weighted by atomic mass is 19.1. The lowest BCUT2D eigenvalue weighted by atomic mass is 9.97. The SMILES string of the molecule is CCOC(=O)/C=C(/c1ccccc1)c1ccc(F)cc1. The van der Waals surface area contributed by atoms with Gasteiger partial charge in [0, 0.05) is 6.08 Å². The Morgan fingerprint density at radius 3 is 2.25 bits per heavy atom. The number of hydrogen-bond donors (Lipinski definition) is 0. The molecule has 0 fully saturated rings. The molecule has 2 nitrogen and oxygen atoms in total. The number of carbonyl (C=O) groups excluding carboxylic acids is 1. The third-order valence-electron chi connectivity index (χ3n) is 2.79. The summed E-state index contributed by atoms with van der Waals surface area (Å²) in [6, 6.07) is 15.5. The van der Waals surface area contributed by atoms with E-state index in [1.54, 1.807) is 19.1 Å². The average Bonchev–Trinajstić information content (AvgIpc) is 2.47. The largest absolute Gasteiger partial charge is 0.463 e. The fraction of sp³-hybridized carbons (Fsp3) is 0.118. The molecule has 0 aliphatic rings. The van der Waals surface area contributed by atoms with Gasteiger partial charge in [-0.05, 0) is 35.8 Å². The first kappa shape index (κ1) is 14.0. The van der Waals surface area contributed by atoms with Gasteiger partial charge in [-0.15, -0.1) is 0 Å². The van der Waals surface area contributed by atoms with Gasteiger partial charge in [0.25, 0.3) is 0 Å². The van der Waals surface area contributed by atoms with Crippen molar-refractivity contribution in [3.8, 4) is 0 Å². The van der Waals surface area contributed by atoms with Crippen molar-refractivity contribution in [1.29, 1.82) is 0 Å². The summed E-state index contributed by atoms with van der Waals surface area (Å²) in [4.78, 5) is 11.7. The molecular formula is C17H15FO2. The molecule has 20 heavy (non-hydrogen) atoms. The number of hydrogen-bond acceptors (Lipinski definition) is 2. The van der Waals surface area contributed by atoms with Crippen molar-refractivity contribution < 1.29 is 13.9 Å². The standard InChI is InChI=1S/C17H15FO2/c1-2-20-17(19)12-16(13-6-4-3-5-7-13)14-8-10-15(18)11-9-14/h3-12H,2H2,1H3/b16-12-. The number of esters is 1. The first-order valence-corrected chi connectivity index (χ1v) is 6.40. The Hall–Kier alpha value is -2.42. The van der Waals surface area contributed by atoms with Crippen LogP contribution in [0.15, 0.2) is 60.7 Å². The maximum atomic E-state index is 13.0. The fourth-order valence-corrected chi connectivity index (χ4v) is 1.88. The minimum Gasteiger partial charge on any atom is -0.463 e. The van der Waals surface area contributed by atoms with Crippen LogP contribution in [0.4, 0.5) is 4.39 Å². The molecule has 0 saturated heterocycles. The molecule has 2 aromatic rings. The van der Waals surface area contributed by atoms with Gasteiger partial charge in [-0.2, -0.15) is 0 Å². The van der Waals surface area contributed by atoms with E-state index in [1.165, 1.54) is 18.2 Å². The molecule has 0 aliphatic heterocycles. The van der Waals surface area contributed by atoms with E-state index < -0.39 is 5.97 Å². The summed E-state index contributed by atoms with van der Waals surface area (Å²) in [6.07, 6.45) is 1.44. The zero-order valence-corrected chi connectivity index (χ0v) is 11.2.